The summed E-state index contributed by atoms with van der Waals surface area (Å²) < 4.78 is 1.18. The first kappa shape index (κ1) is 16.1. The molecule has 0 bridgehead atoms. The van der Waals surface area contributed by atoms with Gasteiger partial charge >= 0.3 is 0 Å². The van der Waals surface area contributed by atoms with Crippen molar-refractivity contribution < 1.29 is 5.11 Å². The van der Waals surface area contributed by atoms with Crippen LogP contribution >= 0.6 is 22.9 Å². The monoisotopic (exact) mass is 357 g/mol. The number of para-hydroxylation sites is 1. The highest BCUT2D eigenvalue weighted by Gasteiger charge is 2.29. The van der Waals surface area contributed by atoms with Gasteiger partial charge in [-0.2, -0.15) is 0 Å². The second-order valence-corrected chi connectivity index (χ2v) is 8.15. The average molecular weight is 358 g/mol. The van der Waals surface area contributed by atoms with Crippen molar-refractivity contribution in [2.45, 2.75) is 37.7 Å². The standard InChI is InChI=1S/C20H20ClNOS/c21-15-5-3-4-14(12-15)19(23)16(11-10-13-8-9-13)20-22-17-6-1-2-7-18(17)24-20/h1-7,12-13,16,19,23H,8-11H2/t16-,19+/m0/s1. The number of thiazole rings is 1. The van der Waals surface area contributed by atoms with Crippen molar-refractivity contribution in [3.63, 3.8) is 0 Å². The van der Waals surface area contributed by atoms with Gasteiger partial charge in [0.2, 0.25) is 0 Å². The molecule has 2 atom stereocenters. The molecule has 0 amide bonds. The van der Waals surface area contributed by atoms with Crippen molar-refractivity contribution in [3.8, 4) is 0 Å². The molecule has 0 unspecified atom stereocenters. The SMILES string of the molecule is O[C@H](c1cccc(Cl)c1)[C@H](CCC1CC1)c1nc2ccccc2s1. The highest BCUT2D eigenvalue weighted by Crippen LogP contribution is 2.43. The van der Waals surface area contributed by atoms with Crippen LogP contribution in [0.3, 0.4) is 0 Å². The molecular weight excluding hydrogens is 338 g/mol. The van der Waals surface area contributed by atoms with Gasteiger partial charge in [-0.05, 0) is 48.6 Å². The lowest BCUT2D eigenvalue weighted by atomic mass is 9.91. The third-order valence-corrected chi connectivity index (χ3v) is 6.19. The van der Waals surface area contributed by atoms with E-state index in [2.05, 4.69) is 6.07 Å². The Morgan fingerprint density at radius 3 is 2.75 bits per heavy atom. The van der Waals surface area contributed by atoms with Crippen molar-refractivity contribution in [2.75, 3.05) is 0 Å². The molecule has 1 aliphatic rings. The van der Waals surface area contributed by atoms with Crippen molar-refractivity contribution in [1.29, 1.82) is 0 Å². The zero-order valence-electron chi connectivity index (χ0n) is 13.4. The third-order valence-electron chi connectivity index (χ3n) is 4.78. The van der Waals surface area contributed by atoms with E-state index in [9.17, 15) is 5.11 Å². The predicted octanol–water partition coefficient (Wildman–Crippen LogP) is 5.96. The second kappa shape index (κ2) is 6.83. The summed E-state index contributed by atoms with van der Waals surface area (Å²) in [5.41, 5.74) is 1.90. The highest BCUT2D eigenvalue weighted by molar-refractivity contribution is 7.18. The van der Waals surface area contributed by atoms with E-state index < -0.39 is 6.10 Å². The molecule has 4 rings (SSSR count). The molecule has 1 aromatic heterocycles. The van der Waals surface area contributed by atoms with Crippen molar-refractivity contribution in [1.82, 2.24) is 4.98 Å². The van der Waals surface area contributed by atoms with Crippen molar-refractivity contribution in [2.24, 2.45) is 5.92 Å². The number of aromatic nitrogens is 1. The lowest BCUT2D eigenvalue weighted by Crippen LogP contribution is -2.11. The van der Waals surface area contributed by atoms with Crippen LogP contribution in [-0.2, 0) is 0 Å². The molecule has 1 fully saturated rings. The van der Waals surface area contributed by atoms with Gasteiger partial charge in [0.25, 0.3) is 0 Å². The maximum absolute atomic E-state index is 11.0. The molecule has 3 aromatic rings. The van der Waals surface area contributed by atoms with Gasteiger partial charge in [-0.25, -0.2) is 4.98 Å². The Kier molecular flexibility index (Phi) is 4.57. The summed E-state index contributed by atoms with van der Waals surface area (Å²) >= 11 is 7.82. The second-order valence-electron chi connectivity index (χ2n) is 6.65. The fourth-order valence-corrected chi connectivity index (χ4v) is 4.54. The molecule has 124 valence electrons. The number of aliphatic hydroxyl groups is 1. The topological polar surface area (TPSA) is 33.1 Å². The smallest absolute Gasteiger partial charge is 0.0998 e. The number of halogens is 1. The summed E-state index contributed by atoms with van der Waals surface area (Å²) in [6, 6.07) is 15.7. The minimum Gasteiger partial charge on any atom is -0.388 e. The molecule has 1 saturated carbocycles. The van der Waals surface area contributed by atoms with Crippen LogP contribution in [0.25, 0.3) is 10.2 Å². The van der Waals surface area contributed by atoms with E-state index in [4.69, 9.17) is 16.6 Å². The number of rotatable bonds is 6. The summed E-state index contributed by atoms with van der Waals surface area (Å²) in [4.78, 5) is 4.81. The highest BCUT2D eigenvalue weighted by atomic mass is 35.5. The summed E-state index contributed by atoms with van der Waals surface area (Å²) in [5.74, 6) is 0.870. The van der Waals surface area contributed by atoms with Crippen LogP contribution in [0.2, 0.25) is 5.02 Å². The predicted molar refractivity (Wildman–Crippen MR) is 101 cm³/mol. The minimum absolute atomic E-state index is 0.0291. The molecule has 2 aromatic carbocycles. The Balaban J connectivity index is 1.66. The van der Waals surface area contributed by atoms with Crippen LogP contribution in [0.1, 0.15) is 48.3 Å². The van der Waals surface area contributed by atoms with Gasteiger partial charge in [-0.1, -0.05) is 48.7 Å². The van der Waals surface area contributed by atoms with Gasteiger partial charge in [0.05, 0.1) is 21.3 Å². The number of aliphatic hydroxyl groups excluding tert-OH is 1. The number of fused-ring (bicyclic) bond motifs is 1. The van der Waals surface area contributed by atoms with Crippen LogP contribution in [0.4, 0.5) is 0 Å². The molecule has 2 nitrogen and oxygen atoms in total. The van der Waals surface area contributed by atoms with E-state index in [0.29, 0.717) is 5.02 Å². The van der Waals surface area contributed by atoms with E-state index in [1.165, 1.54) is 17.5 Å². The average Bonchev–Trinajstić information content (AvgIpc) is 3.31. The summed E-state index contributed by atoms with van der Waals surface area (Å²) in [6.45, 7) is 0. The molecule has 0 saturated heterocycles. The molecule has 1 aliphatic carbocycles. The molecule has 0 aliphatic heterocycles. The van der Waals surface area contributed by atoms with Crippen LogP contribution in [0.15, 0.2) is 48.5 Å². The molecule has 1 heterocycles. The normalized spacial score (nSPS) is 17.1. The maximum Gasteiger partial charge on any atom is 0.0998 e. The van der Waals surface area contributed by atoms with Gasteiger partial charge in [-0.15, -0.1) is 11.3 Å². The van der Waals surface area contributed by atoms with Crippen LogP contribution in [-0.4, -0.2) is 10.1 Å². The molecule has 0 spiro atoms. The minimum atomic E-state index is -0.567. The van der Waals surface area contributed by atoms with E-state index in [1.807, 2.05) is 42.5 Å². The zero-order chi connectivity index (χ0) is 16.5. The first-order valence-electron chi connectivity index (χ1n) is 8.50. The summed E-state index contributed by atoms with van der Waals surface area (Å²) in [5, 5.41) is 12.7. The molecule has 1 N–H and O–H groups in total. The van der Waals surface area contributed by atoms with Gasteiger partial charge in [0, 0.05) is 10.9 Å². The zero-order valence-corrected chi connectivity index (χ0v) is 14.9. The number of benzene rings is 2. The third kappa shape index (κ3) is 3.49. The fraction of sp³-hybridized carbons (Fsp3) is 0.350. The number of nitrogens with zero attached hydrogens (tertiary/aromatic N) is 1. The summed E-state index contributed by atoms with van der Waals surface area (Å²) in [6.07, 6.45) is 4.23. The molecular formula is C20H20ClNOS. The first-order valence-corrected chi connectivity index (χ1v) is 9.69. The van der Waals surface area contributed by atoms with E-state index in [1.54, 1.807) is 11.3 Å². The van der Waals surface area contributed by atoms with Crippen LogP contribution < -0.4 is 0 Å². The van der Waals surface area contributed by atoms with Gasteiger partial charge in [0.15, 0.2) is 0 Å². The van der Waals surface area contributed by atoms with E-state index in [0.717, 1.165) is 34.8 Å². The Hall–Kier alpha value is -1.42. The maximum atomic E-state index is 11.0. The van der Waals surface area contributed by atoms with Crippen molar-refractivity contribution in [3.05, 3.63) is 64.1 Å². The molecule has 0 radical (unpaired) electrons. The summed E-state index contributed by atoms with van der Waals surface area (Å²) in [7, 11) is 0. The molecule has 24 heavy (non-hydrogen) atoms. The molecule has 4 heteroatoms. The first-order chi connectivity index (χ1) is 11.7. The lowest BCUT2D eigenvalue weighted by molar-refractivity contribution is 0.138. The largest absolute Gasteiger partial charge is 0.388 e. The Bertz CT molecular complexity index is 809. The lowest BCUT2D eigenvalue weighted by Gasteiger charge is -2.21. The van der Waals surface area contributed by atoms with Gasteiger partial charge < -0.3 is 5.11 Å². The number of hydrogen-bond donors (Lipinski definition) is 1. The Morgan fingerprint density at radius 1 is 1.17 bits per heavy atom. The van der Waals surface area contributed by atoms with E-state index >= 15 is 0 Å². The van der Waals surface area contributed by atoms with Gasteiger partial charge in [-0.3, -0.25) is 0 Å². The van der Waals surface area contributed by atoms with Gasteiger partial charge in [0.1, 0.15) is 0 Å². The van der Waals surface area contributed by atoms with Crippen LogP contribution in [0.5, 0.6) is 0 Å². The van der Waals surface area contributed by atoms with Crippen LogP contribution in [0, 0.1) is 5.92 Å². The quantitative estimate of drug-likeness (QED) is 0.590. The van der Waals surface area contributed by atoms with E-state index in [-0.39, 0.29) is 5.92 Å². The Labute approximate surface area is 151 Å². The van der Waals surface area contributed by atoms with Crippen molar-refractivity contribution >= 4 is 33.2 Å². The Morgan fingerprint density at radius 2 is 2.00 bits per heavy atom. The fourth-order valence-electron chi connectivity index (χ4n) is 3.21. The number of hydrogen-bond acceptors (Lipinski definition) is 3.